The maximum atomic E-state index is 7.58. The maximum Gasteiger partial charge on any atom is 0.0960 e. The Hall–Kier alpha value is -0.670. The average molecular weight is 242 g/mol. The number of thiazole rings is 1. The number of nitrogens with zero attached hydrogens (tertiary/aromatic N) is 1. The van der Waals surface area contributed by atoms with E-state index in [0.717, 1.165) is 14.9 Å². The Morgan fingerprint density at radius 3 is 2.92 bits per heavy atom. The summed E-state index contributed by atoms with van der Waals surface area (Å²) in [6.07, 6.45) is 0.173. The molecule has 1 nitrogen and oxygen atoms in total. The first-order valence-corrected chi connectivity index (χ1v) is 4.98. The van der Waals surface area contributed by atoms with Crippen LogP contribution in [0.5, 0.6) is 0 Å². The van der Waals surface area contributed by atoms with Crippen molar-refractivity contribution >= 4 is 27.3 Å². The second-order valence-electron chi connectivity index (χ2n) is 2.23. The summed E-state index contributed by atoms with van der Waals surface area (Å²) in [5.74, 6) is 0. The van der Waals surface area contributed by atoms with E-state index in [1.807, 2.05) is 24.3 Å². The van der Waals surface area contributed by atoms with E-state index in [0.29, 0.717) is 0 Å². The van der Waals surface area contributed by atoms with Crippen LogP contribution in [0.1, 0.15) is 2.74 Å². The fraction of sp³-hybridized carbons (Fsp3) is 0. The molecule has 0 aliphatic heterocycles. The van der Waals surface area contributed by atoms with Crippen LogP contribution in [0.15, 0.2) is 40.4 Å². The Bertz CT molecular complexity index is 470. The van der Waals surface area contributed by atoms with Crippen molar-refractivity contribution in [1.29, 1.82) is 0 Å². The molecular weight excluding hydrogens is 234 g/mol. The van der Waals surface area contributed by atoms with Crippen LogP contribution in [0, 0.1) is 0 Å². The smallest absolute Gasteiger partial charge is 0.0960 e. The Labute approximate surface area is 86.0 Å². The van der Waals surface area contributed by atoms with Gasteiger partial charge in [-0.15, -0.1) is 11.3 Å². The molecular formula is C9H6BrNS. The van der Waals surface area contributed by atoms with Gasteiger partial charge in [-0.25, -0.2) is 0 Å². The van der Waals surface area contributed by atoms with Gasteiger partial charge in [0.15, 0.2) is 0 Å². The fourth-order valence-electron chi connectivity index (χ4n) is 0.925. The van der Waals surface area contributed by atoms with Crippen molar-refractivity contribution in [2.45, 2.75) is 0 Å². The Balaban J connectivity index is 2.60. The second kappa shape index (κ2) is 3.37. The molecule has 0 N–H and O–H groups in total. The van der Waals surface area contributed by atoms with Crippen molar-refractivity contribution in [1.82, 2.24) is 4.98 Å². The topological polar surface area (TPSA) is 12.9 Å². The minimum Gasteiger partial charge on any atom is -0.252 e. The van der Waals surface area contributed by atoms with E-state index < -0.39 is 0 Å². The Kier molecular flexibility index (Phi) is 1.65. The Morgan fingerprint density at radius 1 is 1.42 bits per heavy atom. The van der Waals surface area contributed by atoms with Crippen LogP contribution in [0.3, 0.4) is 0 Å². The molecule has 2 aromatic rings. The third-order valence-corrected chi connectivity index (χ3v) is 2.86. The van der Waals surface area contributed by atoms with Gasteiger partial charge in [-0.3, -0.25) is 4.98 Å². The summed E-state index contributed by atoms with van der Waals surface area (Å²) in [5, 5.41) is 0. The standard InChI is InChI=1S/C9H6BrNS/c10-8-4-2-1-3-7(8)9-5-11-6-12-9/h1-6H/i5D,6D. The van der Waals surface area contributed by atoms with E-state index in [4.69, 9.17) is 2.74 Å². The molecule has 0 saturated carbocycles. The van der Waals surface area contributed by atoms with E-state index in [2.05, 4.69) is 20.9 Å². The molecule has 0 atom stereocenters. The van der Waals surface area contributed by atoms with E-state index in [1.54, 1.807) is 0 Å². The SMILES string of the molecule is [2H]c1nc([2H])c(-c2ccccc2Br)s1. The second-order valence-corrected chi connectivity index (χ2v) is 3.88. The summed E-state index contributed by atoms with van der Waals surface area (Å²) in [4.78, 5) is 4.50. The summed E-state index contributed by atoms with van der Waals surface area (Å²) in [7, 11) is 0. The summed E-state index contributed by atoms with van der Waals surface area (Å²) in [5.41, 5.74) is 1.11. The first kappa shape index (κ1) is 5.89. The van der Waals surface area contributed by atoms with E-state index in [9.17, 15) is 0 Å². The summed E-state index contributed by atoms with van der Waals surface area (Å²) in [6.45, 7) is 0. The van der Waals surface area contributed by atoms with Crippen molar-refractivity contribution < 1.29 is 2.74 Å². The van der Waals surface area contributed by atoms with Crippen molar-refractivity contribution in [3.63, 3.8) is 0 Å². The van der Waals surface area contributed by atoms with E-state index >= 15 is 0 Å². The predicted molar refractivity (Wildman–Crippen MR) is 55.3 cm³/mol. The minimum absolute atomic E-state index is 0.173. The molecule has 0 aliphatic rings. The molecule has 3 heteroatoms. The van der Waals surface area contributed by atoms with Gasteiger partial charge in [0.25, 0.3) is 0 Å². The molecule has 0 bridgehead atoms. The lowest BCUT2D eigenvalue weighted by Crippen LogP contribution is -1.72. The van der Waals surface area contributed by atoms with Gasteiger partial charge in [0.1, 0.15) is 0 Å². The van der Waals surface area contributed by atoms with Crippen LogP contribution in [-0.2, 0) is 0 Å². The number of rotatable bonds is 1. The number of hydrogen-bond acceptors (Lipinski definition) is 2. The summed E-state index contributed by atoms with van der Waals surface area (Å²) >= 11 is 4.63. The maximum absolute atomic E-state index is 7.58. The van der Waals surface area contributed by atoms with Gasteiger partial charge in [-0.05, 0) is 6.07 Å². The number of aromatic nitrogens is 1. The first-order valence-electron chi connectivity index (χ1n) is 4.37. The molecule has 0 radical (unpaired) electrons. The lowest BCUT2D eigenvalue weighted by Gasteiger charge is -1.98. The van der Waals surface area contributed by atoms with Gasteiger partial charge in [0.2, 0.25) is 0 Å². The normalized spacial score (nSPS) is 12.4. The number of hydrogen-bond donors (Lipinski definition) is 0. The molecule has 1 aromatic carbocycles. The number of benzene rings is 1. The molecule has 0 aliphatic carbocycles. The lowest BCUT2D eigenvalue weighted by atomic mass is 10.2. The van der Waals surface area contributed by atoms with Crippen LogP contribution in [0.4, 0.5) is 0 Å². The molecule has 0 unspecified atom stereocenters. The van der Waals surface area contributed by atoms with E-state index in [-0.39, 0.29) is 11.7 Å². The van der Waals surface area contributed by atoms with Gasteiger partial charge in [-0.1, -0.05) is 34.1 Å². The molecule has 60 valence electrons. The zero-order valence-corrected chi connectivity index (χ0v) is 8.45. The third-order valence-electron chi connectivity index (χ3n) is 1.47. The van der Waals surface area contributed by atoms with Crippen LogP contribution >= 0.6 is 27.3 Å². The largest absolute Gasteiger partial charge is 0.252 e. The predicted octanol–water partition coefficient (Wildman–Crippen LogP) is 3.57. The average Bonchev–Trinajstić information content (AvgIpc) is 2.46. The zero-order chi connectivity index (χ0) is 10.1. The third kappa shape index (κ3) is 1.42. The summed E-state index contributed by atoms with van der Waals surface area (Å²) in [6, 6.07) is 7.65. The first-order chi connectivity index (χ1) is 6.68. The van der Waals surface area contributed by atoms with Crippen LogP contribution in [0.2, 0.25) is 0 Å². The van der Waals surface area contributed by atoms with Crippen molar-refractivity contribution in [2.75, 3.05) is 0 Å². The van der Waals surface area contributed by atoms with Gasteiger partial charge in [-0.2, -0.15) is 0 Å². The van der Waals surface area contributed by atoms with Gasteiger partial charge in [0, 0.05) is 16.2 Å². The van der Waals surface area contributed by atoms with Crippen molar-refractivity contribution in [2.24, 2.45) is 0 Å². The monoisotopic (exact) mass is 241 g/mol. The van der Waals surface area contributed by atoms with Gasteiger partial charge >= 0.3 is 0 Å². The molecule has 1 aromatic heterocycles. The highest BCUT2D eigenvalue weighted by atomic mass is 79.9. The number of halogens is 1. The quantitative estimate of drug-likeness (QED) is 0.744. The molecule has 0 saturated heterocycles. The van der Waals surface area contributed by atoms with Gasteiger partial charge < -0.3 is 0 Å². The molecule has 12 heavy (non-hydrogen) atoms. The Morgan fingerprint density at radius 2 is 2.25 bits per heavy atom. The lowest BCUT2D eigenvalue weighted by molar-refractivity contribution is 1.42. The molecule has 0 spiro atoms. The minimum atomic E-state index is 0.173. The van der Waals surface area contributed by atoms with Gasteiger partial charge in [0.05, 0.1) is 13.1 Å². The summed E-state index contributed by atoms with van der Waals surface area (Å²) < 4.78 is 15.9. The van der Waals surface area contributed by atoms with Crippen LogP contribution < -0.4 is 0 Å². The molecule has 0 fully saturated rings. The van der Waals surface area contributed by atoms with E-state index in [1.165, 1.54) is 11.3 Å². The highest BCUT2D eigenvalue weighted by Crippen LogP contribution is 2.29. The highest BCUT2D eigenvalue weighted by molar-refractivity contribution is 9.10. The molecule has 1 heterocycles. The molecule has 0 amide bonds. The van der Waals surface area contributed by atoms with Crippen LogP contribution in [-0.4, -0.2) is 4.98 Å². The van der Waals surface area contributed by atoms with Crippen molar-refractivity contribution in [3.05, 3.63) is 40.4 Å². The zero-order valence-electron chi connectivity index (χ0n) is 8.04. The van der Waals surface area contributed by atoms with Crippen LogP contribution in [0.25, 0.3) is 10.4 Å². The fourth-order valence-corrected chi connectivity index (χ4v) is 2.10. The molecule has 2 rings (SSSR count). The highest BCUT2D eigenvalue weighted by Gasteiger charge is 2.01. The van der Waals surface area contributed by atoms with Crippen molar-refractivity contribution in [3.8, 4) is 10.4 Å².